The van der Waals surface area contributed by atoms with E-state index >= 15 is 0 Å². The number of nitro benzene ring substituents is 1. The summed E-state index contributed by atoms with van der Waals surface area (Å²) in [5.74, 6) is -0.647. The van der Waals surface area contributed by atoms with Crippen molar-refractivity contribution in [3.63, 3.8) is 0 Å². The molecule has 0 aromatic heterocycles. The van der Waals surface area contributed by atoms with E-state index in [0.29, 0.717) is 31.9 Å². The third-order valence-electron chi connectivity index (χ3n) is 6.86. The van der Waals surface area contributed by atoms with Crippen molar-refractivity contribution in [3.05, 3.63) is 130 Å². The lowest BCUT2D eigenvalue weighted by atomic mass is 10.1. The molecule has 1 heterocycles. The second-order valence-corrected chi connectivity index (χ2v) is 11.5. The standard InChI is InChI=1S/C31H29N5O6S/c37-31(33-32-22-25-21-26(36(38)39)15-16-29(25)34-17-19-42-20-18-34)28-13-7-8-14-30(28)35(23-24-9-3-1-4-10-24)43(40,41)27-11-5-2-6-12-27/h1-16,21-22H,17-20,23H2,(H,33,37)/b32-22-. The summed E-state index contributed by atoms with van der Waals surface area (Å²) in [4.78, 5) is 26.5. The van der Waals surface area contributed by atoms with Crippen molar-refractivity contribution in [2.45, 2.75) is 11.4 Å². The molecule has 1 saturated heterocycles. The van der Waals surface area contributed by atoms with Crippen LogP contribution in [0.3, 0.4) is 0 Å². The summed E-state index contributed by atoms with van der Waals surface area (Å²) in [5.41, 5.74) is 4.52. The van der Waals surface area contributed by atoms with Crippen molar-refractivity contribution in [2.24, 2.45) is 5.10 Å². The Morgan fingerprint density at radius 1 is 0.953 bits per heavy atom. The highest BCUT2D eigenvalue weighted by Crippen LogP contribution is 2.30. The van der Waals surface area contributed by atoms with Crippen LogP contribution in [0, 0.1) is 10.1 Å². The van der Waals surface area contributed by atoms with E-state index in [1.54, 1.807) is 42.5 Å². The largest absolute Gasteiger partial charge is 0.378 e. The smallest absolute Gasteiger partial charge is 0.273 e. The normalized spacial score (nSPS) is 13.5. The number of morpholine rings is 1. The maximum atomic E-state index is 13.9. The van der Waals surface area contributed by atoms with E-state index < -0.39 is 20.9 Å². The molecule has 220 valence electrons. The molecule has 1 N–H and O–H groups in total. The number of amides is 1. The molecule has 4 aromatic carbocycles. The second-order valence-electron chi connectivity index (χ2n) is 9.63. The van der Waals surface area contributed by atoms with Crippen LogP contribution in [0.25, 0.3) is 0 Å². The van der Waals surface area contributed by atoms with Gasteiger partial charge in [-0.05, 0) is 35.9 Å². The minimum absolute atomic E-state index is 0.0117. The van der Waals surface area contributed by atoms with Crippen LogP contribution >= 0.6 is 0 Å². The predicted octanol–water partition coefficient (Wildman–Crippen LogP) is 4.59. The van der Waals surface area contributed by atoms with Gasteiger partial charge in [-0.3, -0.25) is 19.2 Å². The quantitative estimate of drug-likeness (QED) is 0.160. The predicted molar refractivity (Wildman–Crippen MR) is 164 cm³/mol. The molecule has 1 aliphatic heterocycles. The molecule has 0 aliphatic carbocycles. The number of benzene rings is 4. The number of hydrogen-bond donors (Lipinski definition) is 1. The van der Waals surface area contributed by atoms with E-state index in [1.807, 2.05) is 35.2 Å². The molecule has 0 atom stereocenters. The first-order chi connectivity index (χ1) is 20.8. The molecule has 0 radical (unpaired) electrons. The summed E-state index contributed by atoms with van der Waals surface area (Å²) >= 11 is 0. The van der Waals surface area contributed by atoms with E-state index in [1.165, 1.54) is 40.9 Å². The molecule has 12 heteroatoms. The Labute approximate surface area is 249 Å². The number of nitrogens with zero attached hydrogens (tertiary/aromatic N) is 4. The molecule has 0 bridgehead atoms. The Morgan fingerprint density at radius 2 is 1.60 bits per heavy atom. The zero-order valence-electron chi connectivity index (χ0n) is 23.1. The first-order valence-electron chi connectivity index (χ1n) is 13.5. The molecule has 4 aromatic rings. The Morgan fingerprint density at radius 3 is 2.30 bits per heavy atom. The average molecular weight is 600 g/mol. The van der Waals surface area contributed by atoms with Crippen LogP contribution in [-0.2, 0) is 21.3 Å². The molecule has 5 rings (SSSR count). The summed E-state index contributed by atoms with van der Waals surface area (Å²) in [6.07, 6.45) is 1.35. The molecular formula is C31H29N5O6S. The second kappa shape index (κ2) is 13.3. The lowest BCUT2D eigenvalue weighted by Gasteiger charge is -2.29. The number of hydrogen-bond acceptors (Lipinski definition) is 8. The van der Waals surface area contributed by atoms with Crippen LogP contribution in [-0.4, -0.2) is 51.8 Å². The SMILES string of the molecule is O=C(N/N=C\c1cc([N+](=O)[O-])ccc1N1CCOCC1)c1ccccc1N(Cc1ccccc1)S(=O)(=O)c1ccccc1. The van der Waals surface area contributed by atoms with Crippen LogP contribution in [0.2, 0.25) is 0 Å². The zero-order chi connectivity index (χ0) is 30.2. The Balaban J connectivity index is 1.46. The number of para-hydroxylation sites is 1. The number of hydrazone groups is 1. The summed E-state index contributed by atoms with van der Waals surface area (Å²) in [6.45, 7) is 2.23. The molecule has 11 nitrogen and oxygen atoms in total. The van der Waals surface area contributed by atoms with Gasteiger partial charge in [-0.2, -0.15) is 5.10 Å². The fourth-order valence-corrected chi connectivity index (χ4v) is 6.22. The van der Waals surface area contributed by atoms with E-state index in [0.717, 1.165) is 11.3 Å². The number of nitro groups is 1. The Bertz CT molecular complexity index is 1730. The molecule has 43 heavy (non-hydrogen) atoms. The van der Waals surface area contributed by atoms with Crippen molar-refractivity contribution in [3.8, 4) is 0 Å². The third-order valence-corrected chi connectivity index (χ3v) is 8.63. The van der Waals surface area contributed by atoms with Crippen molar-refractivity contribution in [1.29, 1.82) is 0 Å². The molecular weight excluding hydrogens is 570 g/mol. The number of ether oxygens (including phenoxy) is 1. The summed E-state index contributed by atoms with van der Waals surface area (Å²) in [6, 6.07) is 27.9. The van der Waals surface area contributed by atoms with Gasteiger partial charge >= 0.3 is 0 Å². The van der Waals surface area contributed by atoms with E-state index in [-0.39, 0.29) is 28.4 Å². The van der Waals surface area contributed by atoms with Gasteiger partial charge in [0.1, 0.15) is 0 Å². The molecule has 0 saturated carbocycles. The molecule has 1 amide bonds. The first-order valence-corrected chi connectivity index (χ1v) is 14.9. The van der Waals surface area contributed by atoms with E-state index in [9.17, 15) is 23.3 Å². The fourth-order valence-electron chi connectivity index (χ4n) is 4.72. The van der Waals surface area contributed by atoms with Crippen LogP contribution in [0.4, 0.5) is 17.1 Å². The molecule has 0 spiro atoms. The number of rotatable bonds is 10. The average Bonchev–Trinajstić information content (AvgIpc) is 3.04. The number of sulfonamides is 1. The highest BCUT2D eigenvalue weighted by molar-refractivity contribution is 7.92. The van der Waals surface area contributed by atoms with Crippen LogP contribution in [0.15, 0.2) is 113 Å². The van der Waals surface area contributed by atoms with Gasteiger partial charge in [0.15, 0.2) is 0 Å². The van der Waals surface area contributed by atoms with Gasteiger partial charge in [-0.25, -0.2) is 13.8 Å². The number of carbonyl (C=O) groups is 1. The minimum atomic E-state index is -4.07. The van der Waals surface area contributed by atoms with Gasteiger partial charge in [0.2, 0.25) is 0 Å². The van der Waals surface area contributed by atoms with Gasteiger partial charge in [0.05, 0.1) is 47.0 Å². The highest BCUT2D eigenvalue weighted by atomic mass is 32.2. The van der Waals surface area contributed by atoms with Gasteiger partial charge in [-0.15, -0.1) is 0 Å². The van der Waals surface area contributed by atoms with Crippen LogP contribution < -0.4 is 14.6 Å². The first kappa shape index (κ1) is 29.4. The summed E-state index contributed by atoms with van der Waals surface area (Å²) in [5, 5.41) is 15.5. The van der Waals surface area contributed by atoms with Gasteiger partial charge < -0.3 is 9.64 Å². The van der Waals surface area contributed by atoms with Gasteiger partial charge in [0, 0.05) is 36.5 Å². The minimum Gasteiger partial charge on any atom is -0.378 e. The van der Waals surface area contributed by atoms with Crippen LogP contribution in [0.5, 0.6) is 0 Å². The molecule has 1 fully saturated rings. The van der Waals surface area contributed by atoms with Crippen molar-refractivity contribution in [1.82, 2.24) is 5.43 Å². The topological polar surface area (TPSA) is 134 Å². The number of anilines is 2. The third kappa shape index (κ3) is 6.88. The monoisotopic (exact) mass is 599 g/mol. The summed E-state index contributed by atoms with van der Waals surface area (Å²) < 4.78 is 34.4. The zero-order valence-corrected chi connectivity index (χ0v) is 23.9. The number of non-ortho nitro benzene ring substituents is 1. The van der Waals surface area contributed by atoms with Crippen LogP contribution in [0.1, 0.15) is 21.5 Å². The summed E-state index contributed by atoms with van der Waals surface area (Å²) in [7, 11) is -4.07. The van der Waals surface area contributed by atoms with E-state index in [2.05, 4.69) is 10.5 Å². The van der Waals surface area contributed by atoms with E-state index in [4.69, 9.17) is 4.74 Å². The van der Waals surface area contributed by atoms with Gasteiger partial charge in [0.25, 0.3) is 21.6 Å². The lowest BCUT2D eigenvalue weighted by molar-refractivity contribution is -0.384. The maximum Gasteiger partial charge on any atom is 0.273 e. The van der Waals surface area contributed by atoms with Crippen molar-refractivity contribution in [2.75, 3.05) is 35.5 Å². The Hall–Kier alpha value is -5.07. The number of nitrogens with one attached hydrogen (secondary N) is 1. The van der Waals surface area contributed by atoms with Crippen molar-refractivity contribution < 1.29 is 22.9 Å². The highest BCUT2D eigenvalue weighted by Gasteiger charge is 2.28. The Kier molecular flexibility index (Phi) is 9.08. The van der Waals surface area contributed by atoms with Crippen molar-refractivity contribution >= 4 is 39.2 Å². The molecule has 0 unspecified atom stereocenters. The number of carbonyl (C=O) groups excluding carboxylic acids is 1. The maximum absolute atomic E-state index is 13.9. The fraction of sp³-hybridized carbons (Fsp3) is 0.161. The van der Waals surface area contributed by atoms with Gasteiger partial charge in [-0.1, -0.05) is 60.7 Å². The molecule has 1 aliphatic rings. The lowest BCUT2D eigenvalue weighted by Crippen LogP contribution is -2.36.